The molecule has 0 spiro atoms. The first-order valence-corrected chi connectivity index (χ1v) is 9.02. The van der Waals surface area contributed by atoms with Crippen LogP contribution in [-0.4, -0.2) is 11.6 Å². The summed E-state index contributed by atoms with van der Waals surface area (Å²) in [5.74, 6) is 1.12. The minimum absolute atomic E-state index is 0.106. The summed E-state index contributed by atoms with van der Waals surface area (Å²) in [5, 5.41) is 0. The topological polar surface area (TPSA) is 34.1 Å². The SMILES string of the molecule is CCC(C)(C)CC.CCC(C)C.CCC1(C)CC(=O)CC1=O. The number of carbonyl (C=O) groups is 2. The molecule has 1 fully saturated rings. The zero-order valence-electron chi connectivity index (χ0n) is 16.6. The Kier molecular flexibility index (Phi) is 11.8. The first-order chi connectivity index (χ1) is 9.97. The Bertz CT molecular complexity index is 323. The van der Waals surface area contributed by atoms with Gasteiger partial charge in [0.15, 0.2) is 0 Å². The van der Waals surface area contributed by atoms with Crippen LogP contribution in [0, 0.1) is 16.7 Å². The zero-order chi connectivity index (χ0) is 18.0. The second kappa shape index (κ2) is 11.0. The molecule has 0 saturated heterocycles. The molecule has 2 heteroatoms. The molecule has 1 aliphatic carbocycles. The highest BCUT2D eigenvalue weighted by Gasteiger charge is 2.40. The molecule has 1 unspecified atom stereocenters. The van der Waals surface area contributed by atoms with Crippen molar-refractivity contribution in [1.29, 1.82) is 0 Å². The van der Waals surface area contributed by atoms with Gasteiger partial charge in [0.2, 0.25) is 0 Å². The Balaban J connectivity index is 0. The molecule has 1 atom stereocenters. The second-order valence-corrected chi connectivity index (χ2v) is 7.90. The van der Waals surface area contributed by atoms with E-state index < -0.39 is 0 Å². The van der Waals surface area contributed by atoms with Crippen molar-refractivity contribution in [2.24, 2.45) is 16.7 Å². The predicted octanol–water partition coefficient (Wildman–Crippen LogP) is 6.22. The van der Waals surface area contributed by atoms with Gasteiger partial charge in [0.1, 0.15) is 11.6 Å². The van der Waals surface area contributed by atoms with Gasteiger partial charge < -0.3 is 0 Å². The van der Waals surface area contributed by atoms with E-state index >= 15 is 0 Å². The van der Waals surface area contributed by atoms with Gasteiger partial charge in [-0.2, -0.15) is 0 Å². The highest BCUT2D eigenvalue weighted by atomic mass is 16.2. The summed E-state index contributed by atoms with van der Waals surface area (Å²) >= 11 is 0. The second-order valence-electron chi connectivity index (χ2n) is 7.90. The number of hydrogen-bond acceptors (Lipinski definition) is 2. The van der Waals surface area contributed by atoms with Crippen LogP contribution in [0.2, 0.25) is 0 Å². The molecular weight excluding hydrogens is 272 g/mol. The molecule has 0 heterocycles. The van der Waals surface area contributed by atoms with Crippen LogP contribution in [0.15, 0.2) is 0 Å². The van der Waals surface area contributed by atoms with Gasteiger partial charge in [-0.1, -0.05) is 81.6 Å². The quantitative estimate of drug-likeness (QED) is 0.577. The minimum Gasteiger partial charge on any atom is -0.299 e. The van der Waals surface area contributed by atoms with Crippen LogP contribution >= 0.6 is 0 Å². The highest BCUT2D eigenvalue weighted by Crippen LogP contribution is 2.34. The Hall–Kier alpha value is -0.660. The molecule has 0 bridgehead atoms. The molecule has 0 aliphatic heterocycles. The van der Waals surface area contributed by atoms with E-state index in [1.54, 1.807) is 0 Å². The molecule has 2 nitrogen and oxygen atoms in total. The maximum atomic E-state index is 11.1. The van der Waals surface area contributed by atoms with Crippen LogP contribution in [0.3, 0.4) is 0 Å². The molecule has 1 saturated carbocycles. The molecule has 1 rings (SSSR count). The van der Waals surface area contributed by atoms with Gasteiger partial charge in [0.25, 0.3) is 0 Å². The average Bonchev–Trinajstić information content (AvgIpc) is 2.73. The standard InChI is InChI=1S/C8H12O2.C7H16.C5H12/c1-3-8(2)5-6(9)4-7(8)10;1-5-7(3,4)6-2;1-4-5(2)3/h3-5H2,1-2H3;5-6H2,1-4H3;5H,4H2,1-3H3. The Morgan fingerprint density at radius 2 is 1.45 bits per heavy atom. The highest BCUT2D eigenvalue weighted by molar-refractivity contribution is 6.09. The summed E-state index contributed by atoms with van der Waals surface area (Å²) < 4.78 is 0. The van der Waals surface area contributed by atoms with E-state index in [1.807, 2.05) is 13.8 Å². The first kappa shape index (κ1) is 23.6. The van der Waals surface area contributed by atoms with E-state index in [2.05, 4.69) is 48.5 Å². The molecule has 132 valence electrons. The molecular formula is C20H40O2. The number of Topliss-reactive ketones (excluding diaryl/α,β-unsaturated/α-hetero) is 2. The van der Waals surface area contributed by atoms with Gasteiger partial charge in [-0.25, -0.2) is 0 Å². The van der Waals surface area contributed by atoms with Crippen LogP contribution in [0.25, 0.3) is 0 Å². The fourth-order valence-corrected chi connectivity index (χ4v) is 1.56. The van der Waals surface area contributed by atoms with E-state index in [0.29, 0.717) is 11.8 Å². The molecule has 0 amide bonds. The van der Waals surface area contributed by atoms with E-state index in [0.717, 1.165) is 12.3 Å². The van der Waals surface area contributed by atoms with Crippen molar-refractivity contribution >= 4 is 11.6 Å². The molecule has 1 aliphatic rings. The molecule has 0 N–H and O–H groups in total. The lowest BCUT2D eigenvalue weighted by atomic mass is 9.85. The summed E-state index contributed by atoms with van der Waals surface area (Å²) in [5.41, 5.74) is 0.261. The van der Waals surface area contributed by atoms with Crippen molar-refractivity contribution in [3.05, 3.63) is 0 Å². The lowest BCUT2D eigenvalue weighted by Gasteiger charge is -2.18. The van der Waals surface area contributed by atoms with Crippen molar-refractivity contribution < 1.29 is 9.59 Å². The smallest absolute Gasteiger partial charge is 0.146 e. The lowest BCUT2D eigenvalue weighted by Crippen LogP contribution is -2.19. The van der Waals surface area contributed by atoms with Crippen molar-refractivity contribution in [3.8, 4) is 0 Å². The summed E-state index contributed by atoms with van der Waals surface area (Å²) in [7, 11) is 0. The molecule has 0 aromatic heterocycles. The third kappa shape index (κ3) is 10.1. The first-order valence-electron chi connectivity index (χ1n) is 9.02. The van der Waals surface area contributed by atoms with Crippen LogP contribution in [0.5, 0.6) is 0 Å². The monoisotopic (exact) mass is 312 g/mol. The summed E-state index contributed by atoms with van der Waals surface area (Å²) in [4.78, 5) is 21.9. The predicted molar refractivity (Wildman–Crippen MR) is 97.1 cm³/mol. The fourth-order valence-electron chi connectivity index (χ4n) is 1.56. The van der Waals surface area contributed by atoms with E-state index in [4.69, 9.17) is 0 Å². The minimum atomic E-state index is -0.322. The van der Waals surface area contributed by atoms with Crippen LogP contribution in [0.1, 0.15) is 101 Å². The van der Waals surface area contributed by atoms with Gasteiger partial charge in [0.05, 0.1) is 6.42 Å². The van der Waals surface area contributed by atoms with E-state index in [9.17, 15) is 9.59 Å². The van der Waals surface area contributed by atoms with Crippen molar-refractivity contribution in [3.63, 3.8) is 0 Å². The third-order valence-corrected chi connectivity index (χ3v) is 5.13. The van der Waals surface area contributed by atoms with E-state index in [-0.39, 0.29) is 23.4 Å². The maximum Gasteiger partial charge on any atom is 0.146 e. The van der Waals surface area contributed by atoms with Crippen LogP contribution < -0.4 is 0 Å². The number of rotatable bonds is 4. The molecule has 0 aromatic carbocycles. The molecule has 0 radical (unpaired) electrons. The van der Waals surface area contributed by atoms with Gasteiger partial charge in [-0.3, -0.25) is 9.59 Å². The van der Waals surface area contributed by atoms with Crippen LogP contribution in [0.4, 0.5) is 0 Å². The molecule has 22 heavy (non-hydrogen) atoms. The Labute approximate surface area is 139 Å². The summed E-state index contributed by atoms with van der Waals surface area (Å²) in [6, 6.07) is 0. The summed E-state index contributed by atoms with van der Waals surface area (Å²) in [6.07, 6.45) is 5.32. The van der Waals surface area contributed by atoms with Gasteiger partial charge in [-0.05, 0) is 17.8 Å². The van der Waals surface area contributed by atoms with Crippen molar-refractivity contribution in [2.45, 2.75) is 101 Å². The average molecular weight is 313 g/mol. The normalized spacial score (nSPS) is 21.2. The van der Waals surface area contributed by atoms with Gasteiger partial charge >= 0.3 is 0 Å². The van der Waals surface area contributed by atoms with Crippen molar-refractivity contribution in [2.75, 3.05) is 0 Å². The Morgan fingerprint density at radius 1 is 1.05 bits per heavy atom. The number of hydrogen-bond donors (Lipinski definition) is 0. The van der Waals surface area contributed by atoms with Crippen LogP contribution in [-0.2, 0) is 9.59 Å². The third-order valence-electron chi connectivity index (χ3n) is 5.13. The lowest BCUT2D eigenvalue weighted by molar-refractivity contribution is -0.125. The fraction of sp³-hybridized carbons (Fsp3) is 0.900. The number of carbonyl (C=O) groups excluding carboxylic acids is 2. The molecule has 0 aromatic rings. The number of ketones is 2. The zero-order valence-corrected chi connectivity index (χ0v) is 16.6. The maximum absolute atomic E-state index is 11.1. The van der Waals surface area contributed by atoms with Gasteiger partial charge in [-0.15, -0.1) is 0 Å². The van der Waals surface area contributed by atoms with Gasteiger partial charge in [0, 0.05) is 11.8 Å². The summed E-state index contributed by atoms with van der Waals surface area (Å²) in [6.45, 7) is 19.6. The van der Waals surface area contributed by atoms with Crippen molar-refractivity contribution in [1.82, 2.24) is 0 Å². The Morgan fingerprint density at radius 3 is 1.55 bits per heavy atom. The largest absolute Gasteiger partial charge is 0.299 e. The van der Waals surface area contributed by atoms with E-state index in [1.165, 1.54) is 19.3 Å².